The maximum atomic E-state index is 12.0. The summed E-state index contributed by atoms with van der Waals surface area (Å²) in [6.45, 7) is 9.04. The molecule has 0 fully saturated rings. The van der Waals surface area contributed by atoms with Gasteiger partial charge in [-0.1, -0.05) is 20.8 Å². The van der Waals surface area contributed by atoms with E-state index in [1.807, 2.05) is 0 Å². The van der Waals surface area contributed by atoms with Gasteiger partial charge in [0, 0.05) is 11.1 Å². The van der Waals surface area contributed by atoms with E-state index in [1.54, 1.807) is 6.92 Å². The Morgan fingerprint density at radius 1 is 1.48 bits per heavy atom. The van der Waals surface area contributed by atoms with Gasteiger partial charge in [-0.05, 0) is 49.1 Å². The van der Waals surface area contributed by atoms with Gasteiger partial charge in [0.05, 0.1) is 12.3 Å². The molecule has 2 aromatic rings. The van der Waals surface area contributed by atoms with Crippen LogP contribution in [-0.2, 0) is 17.6 Å². The molecule has 1 aliphatic carbocycles. The Balaban J connectivity index is 2.02. The predicted molar refractivity (Wildman–Crippen MR) is 95.0 cm³/mol. The zero-order chi connectivity index (χ0) is 16.8. The first kappa shape index (κ1) is 16.2. The Kier molecular flexibility index (Phi) is 4.08. The van der Waals surface area contributed by atoms with Crippen LogP contribution in [0.2, 0.25) is 0 Å². The molecule has 0 saturated carbocycles. The summed E-state index contributed by atoms with van der Waals surface area (Å²) in [5, 5.41) is 0.895. The van der Waals surface area contributed by atoms with Gasteiger partial charge < -0.3 is 10.5 Å². The molecule has 1 atom stereocenters. The molecule has 1 aliphatic rings. The van der Waals surface area contributed by atoms with Crippen LogP contribution in [0.3, 0.4) is 0 Å². The van der Waals surface area contributed by atoms with E-state index in [0.29, 0.717) is 28.5 Å². The summed E-state index contributed by atoms with van der Waals surface area (Å²) in [4.78, 5) is 18.1. The predicted octanol–water partition coefficient (Wildman–Crippen LogP) is 4.21. The molecular weight excluding hydrogens is 308 g/mol. The quantitative estimate of drug-likeness (QED) is 0.837. The molecule has 0 bridgehead atoms. The number of aryl methyl sites for hydroxylation is 1. The van der Waals surface area contributed by atoms with Crippen LogP contribution in [0.15, 0.2) is 6.07 Å². The molecule has 5 heteroatoms. The number of nitrogen functional groups attached to an aromatic ring is 1. The largest absolute Gasteiger partial charge is 0.462 e. The number of thiophene rings is 1. The van der Waals surface area contributed by atoms with Crippen molar-refractivity contribution in [3.8, 4) is 0 Å². The number of nitrogens with zero attached hydrogens (tertiary/aromatic N) is 1. The van der Waals surface area contributed by atoms with Crippen molar-refractivity contribution < 1.29 is 9.53 Å². The summed E-state index contributed by atoms with van der Waals surface area (Å²) in [5.74, 6) is 0.303. The van der Waals surface area contributed by atoms with Crippen LogP contribution in [0.4, 0.5) is 5.69 Å². The van der Waals surface area contributed by atoms with E-state index in [1.165, 1.54) is 23.3 Å². The molecule has 2 heterocycles. The summed E-state index contributed by atoms with van der Waals surface area (Å²) >= 11 is 1.34. The molecule has 2 N–H and O–H groups in total. The van der Waals surface area contributed by atoms with E-state index < -0.39 is 0 Å². The lowest BCUT2D eigenvalue weighted by atomic mass is 9.71. The molecule has 0 radical (unpaired) electrons. The minimum absolute atomic E-state index is 0.295. The fourth-order valence-corrected chi connectivity index (χ4v) is 4.27. The number of carbonyl (C=O) groups excluding carboxylic acids is 1. The zero-order valence-electron chi connectivity index (χ0n) is 14.2. The smallest absolute Gasteiger partial charge is 0.350 e. The molecule has 0 amide bonds. The first-order chi connectivity index (χ1) is 10.8. The second-order valence-corrected chi connectivity index (χ2v) is 8.32. The number of esters is 1. The Bertz CT molecular complexity index is 758. The van der Waals surface area contributed by atoms with Gasteiger partial charge in [0.1, 0.15) is 9.71 Å². The standard InChI is InChI=1S/C18H24N2O2S/c1-5-22-17(21)15-14(19)12-9-10-8-11(18(2,3)4)6-7-13(10)20-16(12)23-15/h9,11H,5-8,19H2,1-4H3/t11-/m0/s1. The van der Waals surface area contributed by atoms with Gasteiger partial charge in [0.15, 0.2) is 0 Å². The zero-order valence-corrected chi connectivity index (χ0v) is 15.0. The first-order valence-electron chi connectivity index (χ1n) is 8.19. The normalized spacial score (nSPS) is 18.0. The molecule has 2 aromatic heterocycles. The van der Waals surface area contributed by atoms with E-state index >= 15 is 0 Å². The van der Waals surface area contributed by atoms with Crippen molar-refractivity contribution in [2.45, 2.75) is 47.0 Å². The fraction of sp³-hybridized carbons (Fsp3) is 0.556. The maximum Gasteiger partial charge on any atom is 0.350 e. The third-order valence-electron chi connectivity index (χ3n) is 4.77. The van der Waals surface area contributed by atoms with Crippen molar-refractivity contribution in [2.24, 2.45) is 11.3 Å². The van der Waals surface area contributed by atoms with E-state index in [2.05, 4.69) is 26.8 Å². The van der Waals surface area contributed by atoms with Gasteiger partial charge in [-0.3, -0.25) is 0 Å². The number of nitrogens with two attached hydrogens (primary N) is 1. The number of ether oxygens (including phenoxy) is 1. The van der Waals surface area contributed by atoms with Gasteiger partial charge in [-0.2, -0.15) is 0 Å². The summed E-state index contributed by atoms with van der Waals surface area (Å²) in [5.41, 5.74) is 9.44. The third-order valence-corrected chi connectivity index (χ3v) is 5.87. The van der Waals surface area contributed by atoms with E-state index in [9.17, 15) is 4.79 Å². The van der Waals surface area contributed by atoms with Crippen LogP contribution in [0, 0.1) is 11.3 Å². The van der Waals surface area contributed by atoms with Crippen molar-refractivity contribution in [3.63, 3.8) is 0 Å². The minimum Gasteiger partial charge on any atom is -0.462 e. The highest BCUT2D eigenvalue weighted by Crippen LogP contribution is 2.40. The van der Waals surface area contributed by atoms with E-state index in [-0.39, 0.29) is 5.97 Å². The SMILES string of the molecule is CCOC(=O)c1sc2nc3c(cc2c1N)C[C@@H](C(C)(C)C)CC3. The Hall–Kier alpha value is -1.62. The third kappa shape index (κ3) is 2.94. The molecule has 23 heavy (non-hydrogen) atoms. The molecule has 4 nitrogen and oxygen atoms in total. The van der Waals surface area contributed by atoms with Crippen LogP contribution >= 0.6 is 11.3 Å². The van der Waals surface area contributed by atoms with Crippen molar-refractivity contribution >= 4 is 33.2 Å². The molecule has 0 unspecified atom stereocenters. The van der Waals surface area contributed by atoms with Crippen molar-refractivity contribution in [1.82, 2.24) is 4.98 Å². The van der Waals surface area contributed by atoms with Gasteiger partial charge in [-0.25, -0.2) is 9.78 Å². The summed E-state index contributed by atoms with van der Waals surface area (Å²) < 4.78 is 5.09. The number of aromatic nitrogens is 1. The van der Waals surface area contributed by atoms with Crippen molar-refractivity contribution in [1.29, 1.82) is 0 Å². The summed E-state index contributed by atoms with van der Waals surface area (Å²) in [6, 6.07) is 2.14. The van der Waals surface area contributed by atoms with Gasteiger partial charge in [0.2, 0.25) is 0 Å². The van der Waals surface area contributed by atoms with Gasteiger partial charge >= 0.3 is 5.97 Å². The number of pyridine rings is 1. The maximum absolute atomic E-state index is 12.0. The molecular formula is C18H24N2O2S. The highest BCUT2D eigenvalue weighted by molar-refractivity contribution is 7.21. The van der Waals surface area contributed by atoms with Gasteiger partial charge in [-0.15, -0.1) is 11.3 Å². The number of rotatable bonds is 2. The Morgan fingerprint density at radius 2 is 2.22 bits per heavy atom. The molecule has 3 rings (SSSR count). The van der Waals surface area contributed by atoms with Crippen LogP contribution in [0.1, 0.15) is 55.0 Å². The fourth-order valence-electron chi connectivity index (χ4n) is 3.28. The number of fused-ring (bicyclic) bond motifs is 2. The minimum atomic E-state index is -0.349. The number of carbonyl (C=O) groups is 1. The van der Waals surface area contributed by atoms with Gasteiger partial charge in [0.25, 0.3) is 0 Å². The topological polar surface area (TPSA) is 65.2 Å². The lowest BCUT2D eigenvalue weighted by Crippen LogP contribution is -2.27. The summed E-state index contributed by atoms with van der Waals surface area (Å²) in [6.07, 6.45) is 3.20. The number of hydrogen-bond acceptors (Lipinski definition) is 5. The average molecular weight is 332 g/mol. The molecule has 0 saturated heterocycles. The van der Waals surface area contributed by atoms with E-state index in [4.69, 9.17) is 15.5 Å². The lowest BCUT2D eigenvalue weighted by molar-refractivity contribution is 0.0533. The second-order valence-electron chi connectivity index (χ2n) is 7.32. The summed E-state index contributed by atoms with van der Waals surface area (Å²) in [7, 11) is 0. The highest BCUT2D eigenvalue weighted by atomic mass is 32.1. The lowest BCUT2D eigenvalue weighted by Gasteiger charge is -2.34. The average Bonchev–Trinajstić information content (AvgIpc) is 2.80. The van der Waals surface area contributed by atoms with Crippen LogP contribution in [0.5, 0.6) is 0 Å². The molecule has 124 valence electrons. The van der Waals surface area contributed by atoms with Crippen molar-refractivity contribution in [3.05, 3.63) is 22.2 Å². The molecule has 0 aliphatic heterocycles. The highest BCUT2D eigenvalue weighted by Gasteiger charge is 2.30. The molecule has 0 spiro atoms. The van der Waals surface area contributed by atoms with Crippen molar-refractivity contribution in [2.75, 3.05) is 12.3 Å². The van der Waals surface area contributed by atoms with E-state index in [0.717, 1.165) is 28.8 Å². The first-order valence-corrected chi connectivity index (χ1v) is 9.00. The monoisotopic (exact) mass is 332 g/mol. The number of hydrogen-bond donors (Lipinski definition) is 1. The molecule has 0 aromatic carbocycles. The number of anilines is 1. The Morgan fingerprint density at radius 3 is 2.87 bits per heavy atom. The van der Waals surface area contributed by atoms with Crippen LogP contribution in [-0.4, -0.2) is 17.6 Å². The van der Waals surface area contributed by atoms with Crippen LogP contribution in [0.25, 0.3) is 10.2 Å². The Labute approximate surface area is 141 Å². The second kappa shape index (κ2) is 5.78. The van der Waals surface area contributed by atoms with Crippen LogP contribution < -0.4 is 5.73 Å².